The Morgan fingerprint density at radius 3 is 2.44 bits per heavy atom. The van der Waals surface area contributed by atoms with E-state index in [-0.39, 0.29) is 28.6 Å². The number of rotatable bonds is 11. The van der Waals surface area contributed by atoms with Gasteiger partial charge in [0.2, 0.25) is 16.0 Å². The molecule has 0 radical (unpaired) electrons. The predicted molar refractivity (Wildman–Crippen MR) is 150 cm³/mol. The van der Waals surface area contributed by atoms with Crippen LogP contribution in [0, 0.1) is 12.8 Å². The monoisotopic (exact) mass is 573 g/mol. The molecule has 0 bridgehead atoms. The number of carboxylic acids is 1. The van der Waals surface area contributed by atoms with E-state index in [0.29, 0.717) is 47.5 Å². The summed E-state index contributed by atoms with van der Waals surface area (Å²) >= 11 is 1.02. The van der Waals surface area contributed by atoms with Crippen LogP contribution in [0.25, 0.3) is 0 Å². The van der Waals surface area contributed by atoms with E-state index < -0.39 is 16.0 Å². The van der Waals surface area contributed by atoms with E-state index in [9.17, 15) is 23.4 Å². The van der Waals surface area contributed by atoms with Crippen LogP contribution in [-0.2, 0) is 16.6 Å². The zero-order chi connectivity index (χ0) is 27.6. The molecule has 39 heavy (non-hydrogen) atoms. The summed E-state index contributed by atoms with van der Waals surface area (Å²) in [5.74, 6) is 0.811. The van der Waals surface area contributed by atoms with Crippen LogP contribution < -0.4 is 20.3 Å². The highest BCUT2D eigenvalue weighted by Crippen LogP contribution is 2.30. The topological polar surface area (TPSA) is 170 Å². The number of sulfonamides is 1. The molecule has 1 aromatic carbocycles. The largest absolute Gasteiger partial charge is 0.477 e. The van der Waals surface area contributed by atoms with Crippen molar-refractivity contribution >= 4 is 55.7 Å². The Hall–Kier alpha value is -3.49. The quantitative estimate of drug-likeness (QED) is 0.228. The molecule has 5 rings (SSSR count). The Kier molecular flexibility index (Phi) is 7.86. The molecule has 0 atom stereocenters. The van der Waals surface area contributed by atoms with E-state index in [1.165, 1.54) is 0 Å². The van der Waals surface area contributed by atoms with Gasteiger partial charge in [-0.3, -0.25) is 10.0 Å². The van der Waals surface area contributed by atoms with E-state index in [1.54, 1.807) is 19.1 Å². The molecule has 3 aromatic rings. The molecule has 14 heteroatoms. The van der Waals surface area contributed by atoms with E-state index >= 15 is 0 Å². The number of aliphatic hydroxyl groups is 1. The van der Waals surface area contributed by atoms with Gasteiger partial charge in [-0.25, -0.2) is 18.2 Å². The van der Waals surface area contributed by atoms with Crippen molar-refractivity contribution in [2.75, 3.05) is 40.0 Å². The fourth-order valence-electron chi connectivity index (χ4n) is 4.34. The highest BCUT2D eigenvalue weighted by Gasteiger charge is 2.35. The standard InChI is InChI=1S/C25H31N7O5S2/c1-15-22(23(34)35)38-25(27-15)30-24-28-20(12-21(29-24)32-10-8-17(14-33)9-11-32)26-13-16-2-4-18(5-3-16)31-39(36,37)19-6-7-19/h2-5,12,17,19,31,33H,6-11,13-14H2,1H3,(H,34,35)(H2,26,27,28,29,30). The Morgan fingerprint density at radius 2 is 1.82 bits per heavy atom. The van der Waals surface area contributed by atoms with Gasteiger partial charge in [-0.05, 0) is 56.2 Å². The molecule has 0 unspecified atom stereocenters. The number of aromatic carboxylic acids is 1. The van der Waals surface area contributed by atoms with Crippen molar-refractivity contribution in [2.45, 2.75) is 44.4 Å². The van der Waals surface area contributed by atoms with E-state index in [2.05, 4.69) is 35.2 Å². The SMILES string of the molecule is Cc1nc(Nc2nc(NCc3ccc(NS(=O)(=O)C4CC4)cc3)cc(N3CCC(CO)CC3)n2)sc1C(=O)O. The van der Waals surface area contributed by atoms with Crippen molar-refractivity contribution < 1.29 is 23.4 Å². The number of piperidine rings is 1. The number of anilines is 5. The lowest BCUT2D eigenvalue weighted by Crippen LogP contribution is -2.35. The highest BCUT2D eigenvalue weighted by atomic mass is 32.2. The van der Waals surface area contributed by atoms with Crippen molar-refractivity contribution in [2.24, 2.45) is 5.92 Å². The number of thiazole rings is 1. The molecule has 0 spiro atoms. The first kappa shape index (κ1) is 27.1. The van der Waals surface area contributed by atoms with Gasteiger partial charge < -0.3 is 20.4 Å². The second-order valence-corrected chi connectivity index (χ2v) is 12.8. The Labute approximate surface area is 230 Å². The lowest BCUT2D eigenvalue weighted by molar-refractivity contribution is 0.0701. The molecule has 1 saturated heterocycles. The number of nitrogens with zero attached hydrogens (tertiary/aromatic N) is 4. The maximum absolute atomic E-state index is 12.2. The van der Waals surface area contributed by atoms with Gasteiger partial charge in [0.1, 0.15) is 16.5 Å². The molecule has 0 amide bonds. The van der Waals surface area contributed by atoms with Crippen molar-refractivity contribution in [1.82, 2.24) is 15.0 Å². The molecule has 1 aliphatic heterocycles. The van der Waals surface area contributed by atoms with Gasteiger partial charge in [-0.2, -0.15) is 9.97 Å². The first-order chi connectivity index (χ1) is 18.7. The number of nitrogens with one attached hydrogen (secondary N) is 3. The second kappa shape index (κ2) is 11.3. The first-order valence-electron chi connectivity index (χ1n) is 12.8. The van der Waals surface area contributed by atoms with Crippen molar-refractivity contribution in [1.29, 1.82) is 0 Å². The van der Waals surface area contributed by atoms with Gasteiger partial charge in [-0.1, -0.05) is 23.5 Å². The molecule has 1 aliphatic carbocycles. The van der Waals surface area contributed by atoms with Crippen molar-refractivity contribution in [3.05, 3.63) is 46.5 Å². The lowest BCUT2D eigenvalue weighted by Gasteiger charge is -2.32. The van der Waals surface area contributed by atoms with Crippen molar-refractivity contribution in [3.8, 4) is 0 Å². The molecule has 2 aromatic heterocycles. The number of aliphatic hydroxyl groups excluding tert-OH is 1. The number of hydrogen-bond acceptors (Lipinski definition) is 11. The zero-order valence-electron chi connectivity index (χ0n) is 21.4. The van der Waals surface area contributed by atoms with Crippen LogP contribution in [0.4, 0.5) is 28.4 Å². The minimum absolute atomic E-state index is 0.154. The average molecular weight is 574 g/mol. The maximum atomic E-state index is 12.2. The summed E-state index contributed by atoms with van der Waals surface area (Å²) in [6.07, 6.45) is 3.13. The second-order valence-electron chi connectivity index (χ2n) is 9.81. The van der Waals surface area contributed by atoms with Gasteiger partial charge in [0, 0.05) is 38.0 Å². The Balaban J connectivity index is 1.32. The van der Waals surface area contributed by atoms with E-state index in [1.807, 2.05) is 18.2 Å². The molecule has 2 fully saturated rings. The predicted octanol–water partition coefficient (Wildman–Crippen LogP) is 3.41. The Morgan fingerprint density at radius 1 is 1.10 bits per heavy atom. The summed E-state index contributed by atoms with van der Waals surface area (Å²) in [7, 11) is -3.31. The van der Waals surface area contributed by atoms with Crippen LogP contribution in [0.5, 0.6) is 0 Å². The van der Waals surface area contributed by atoms with Crippen LogP contribution in [0.2, 0.25) is 0 Å². The summed E-state index contributed by atoms with van der Waals surface area (Å²) in [6.45, 7) is 3.76. The molecule has 12 nitrogen and oxygen atoms in total. The van der Waals surface area contributed by atoms with Crippen LogP contribution in [0.15, 0.2) is 30.3 Å². The smallest absolute Gasteiger partial charge is 0.347 e. The third kappa shape index (κ3) is 6.75. The molecule has 3 heterocycles. The number of carbonyl (C=O) groups is 1. The van der Waals surface area contributed by atoms with Gasteiger partial charge in [-0.15, -0.1) is 0 Å². The summed E-state index contributed by atoms with van der Waals surface area (Å²) in [6, 6.07) is 9.05. The normalized spacial score (nSPS) is 16.2. The molecule has 1 saturated carbocycles. The van der Waals surface area contributed by atoms with Gasteiger partial charge in [0.05, 0.1) is 10.9 Å². The zero-order valence-corrected chi connectivity index (χ0v) is 23.1. The summed E-state index contributed by atoms with van der Waals surface area (Å²) in [4.78, 5) is 27.3. The molecule has 208 valence electrons. The fraction of sp³-hybridized carbons (Fsp3) is 0.440. The number of benzene rings is 1. The van der Waals surface area contributed by atoms with Gasteiger partial charge in [0.25, 0.3) is 0 Å². The molecular weight excluding hydrogens is 542 g/mol. The molecule has 5 N–H and O–H groups in total. The van der Waals surface area contributed by atoms with E-state index in [0.717, 1.165) is 42.8 Å². The maximum Gasteiger partial charge on any atom is 0.347 e. The Bertz CT molecular complexity index is 1430. The molecular formula is C25H31N7O5S2. The van der Waals surface area contributed by atoms with Crippen molar-refractivity contribution in [3.63, 3.8) is 0 Å². The summed E-state index contributed by atoms with van der Waals surface area (Å²) in [5, 5.41) is 25.3. The summed E-state index contributed by atoms with van der Waals surface area (Å²) < 4.78 is 27.0. The number of aryl methyl sites for hydroxylation is 1. The first-order valence-corrected chi connectivity index (χ1v) is 15.1. The number of aromatic nitrogens is 3. The number of carboxylic acid groups (broad SMARTS) is 1. The van der Waals surface area contributed by atoms with Crippen LogP contribution in [0.3, 0.4) is 0 Å². The lowest BCUT2D eigenvalue weighted by atomic mass is 9.98. The van der Waals surface area contributed by atoms with Crippen LogP contribution in [-0.4, -0.2) is 64.5 Å². The summed E-state index contributed by atoms with van der Waals surface area (Å²) in [5.41, 5.74) is 1.88. The molecule has 2 aliphatic rings. The average Bonchev–Trinajstić information content (AvgIpc) is 3.72. The van der Waals surface area contributed by atoms with Crippen LogP contribution >= 0.6 is 11.3 Å². The fourth-order valence-corrected chi connectivity index (χ4v) is 6.53. The highest BCUT2D eigenvalue weighted by molar-refractivity contribution is 7.93. The van der Waals surface area contributed by atoms with Gasteiger partial charge in [0.15, 0.2) is 5.13 Å². The van der Waals surface area contributed by atoms with Gasteiger partial charge >= 0.3 is 5.97 Å². The van der Waals surface area contributed by atoms with E-state index in [4.69, 9.17) is 0 Å². The third-order valence-corrected chi connectivity index (χ3v) is 9.70. The minimum atomic E-state index is -3.31. The number of hydrogen-bond donors (Lipinski definition) is 5. The third-order valence-electron chi connectivity index (χ3n) is 6.77. The van der Waals surface area contributed by atoms with Crippen LogP contribution in [0.1, 0.15) is 46.6 Å². The minimum Gasteiger partial charge on any atom is -0.477 e.